The Morgan fingerprint density at radius 3 is 2.44 bits per heavy atom. The lowest BCUT2D eigenvalue weighted by Gasteiger charge is -2.22. The zero-order chi connectivity index (χ0) is 11.4. The van der Waals surface area contributed by atoms with E-state index in [0.717, 1.165) is 30.5 Å². The lowest BCUT2D eigenvalue weighted by molar-refractivity contribution is 0.726. The van der Waals surface area contributed by atoms with Crippen molar-refractivity contribution in [2.75, 3.05) is 30.4 Å². The van der Waals surface area contributed by atoms with Crippen LogP contribution in [0.4, 0.5) is 11.6 Å². The second-order valence-electron chi connectivity index (χ2n) is 4.31. The van der Waals surface area contributed by atoms with Crippen molar-refractivity contribution in [2.24, 2.45) is 0 Å². The quantitative estimate of drug-likeness (QED) is 0.829. The van der Waals surface area contributed by atoms with Crippen molar-refractivity contribution < 1.29 is 0 Å². The molecule has 16 heavy (non-hydrogen) atoms. The molecule has 2 rings (SSSR count). The lowest BCUT2D eigenvalue weighted by Crippen LogP contribution is -2.25. The van der Waals surface area contributed by atoms with Crippen molar-refractivity contribution in [1.29, 1.82) is 0 Å². The Labute approximate surface area is 97.1 Å². The molecule has 0 aliphatic carbocycles. The average molecular weight is 220 g/mol. The van der Waals surface area contributed by atoms with Crippen molar-refractivity contribution in [3.05, 3.63) is 11.9 Å². The van der Waals surface area contributed by atoms with Crippen molar-refractivity contribution in [2.45, 2.75) is 32.6 Å². The van der Waals surface area contributed by atoms with E-state index in [1.54, 1.807) is 0 Å². The first-order valence-electron chi connectivity index (χ1n) is 6.08. The molecule has 4 heteroatoms. The molecule has 0 amide bonds. The summed E-state index contributed by atoms with van der Waals surface area (Å²) < 4.78 is 0. The van der Waals surface area contributed by atoms with Gasteiger partial charge in [0.1, 0.15) is 17.5 Å². The molecule has 1 aromatic heterocycles. The predicted octanol–water partition coefficient (Wildman–Crippen LogP) is 2.21. The van der Waals surface area contributed by atoms with E-state index in [4.69, 9.17) is 0 Å². The minimum Gasteiger partial charge on any atom is -0.373 e. The van der Waals surface area contributed by atoms with Gasteiger partial charge in [0.05, 0.1) is 0 Å². The van der Waals surface area contributed by atoms with Crippen LogP contribution in [0.2, 0.25) is 0 Å². The van der Waals surface area contributed by atoms with E-state index in [2.05, 4.69) is 20.2 Å². The van der Waals surface area contributed by atoms with Crippen molar-refractivity contribution >= 4 is 11.6 Å². The van der Waals surface area contributed by atoms with Crippen LogP contribution >= 0.6 is 0 Å². The molecule has 0 atom stereocenters. The number of anilines is 2. The largest absolute Gasteiger partial charge is 0.373 e. The first-order valence-corrected chi connectivity index (χ1v) is 6.08. The van der Waals surface area contributed by atoms with Gasteiger partial charge in [0.25, 0.3) is 0 Å². The van der Waals surface area contributed by atoms with Gasteiger partial charge in [-0.05, 0) is 19.8 Å². The average Bonchev–Trinajstić information content (AvgIpc) is 2.56. The van der Waals surface area contributed by atoms with Gasteiger partial charge in [-0.1, -0.05) is 12.8 Å². The maximum absolute atomic E-state index is 4.52. The molecule has 0 radical (unpaired) electrons. The molecule has 0 spiro atoms. The van der Waals surface area contributed by atoms with Gasteiger partial charge in [0.15, 0.2) is 0 Å². The van der Waals surface area contributed by atoms with E-state index in [1.807, 2.05) is 20.0 Å². The van der Waals surface area contributed by atoms with Crippen LogP contribution in [0.15, 0.2) is 6.07 Å². The molecule has 1 fully saturated rings. The van der Waals surface area contributed by atoms with E-state index >= 15 is 0 Å². The van der Waals surface area contributed by atoms with Gasteiger partial charge in [-0.15, -0.1) is 0 Å². The fourth-order valence-corrected chi connectivity index (χ4v) is 2.14. The number of hydrogen-bond donors (Lipinski definition) is 1. The molecule has 0 saturated carbocycles. The predicted molar refractivity (Wildman–Crippen MR) is 67.0 cm³/mol. The maximum Gasteiger partial charge on any atom is 0.134 e. The first kappa shape index (κ1) is 11.2. The highest BCUT2D eigenvalue weighted by Gasteiger charge is 2.12. The van der Waals surface area contributed by atoms with Crippen LogP contribution in [-0.4, -0.2) is 30.1 Å². The fourth-order valence-electron chi connectivity index (χ4n) is 2.14. The number of nitrogens with one attached hydrogen (secondary N) is 1. The summed E-state index contributed by atoms with van der Waals surface area (Å²) in [6, 6.07) is 2.04. The summed E-state index contributed by atoms with van der Waals surface area (Å²) in [6.07, 6.45) is 5.24. The monoisotopic (exact) mass is 220 g/mol. The molecule has 1 aliphatic rings. The highest BCUT2D eigenvalue weighted by Crippen LogP contribution is 2.19. The molecule has 2 heterocycles. The molecule has 0 bridgehead atoms. The molecule has 4 nitrogen and oxygen atoms in total. The summed E-state index contributed by atoms with van der Waals surface area (Å²) in [4.78, 5) is 11.2. The second kappa shape index (κ2) is 5.14. The molecule has 0 aromatic carbocycles. The van der Waals surface area contributed by atoms with E-state index in [-0.39, 0.29) is 0 Å². The van der Waals surface area contributed by atoms with Crippen LogP contribution in [0.1, 0.15) is 31.5 Å². The Balaban J connectivity index is 2.20. The van der Waals surface area contributed by atoms with Crippen molar-refractivity contribution in [3.8, 4) is 0 Å². The smallest absolute Gasteiger partial charge is 0.134 e. The topological polar surface area (TPSA) is 41.0 Å². The fraction of sp³-hybridized carbons (Fsp3) is 0.667. The second-order valence-corrected chi connectivity index (χ2v) is 4.31. The molecular weight excluding hydrogens is 200 g/mol. The van der Waals surface area contributed by atoms with Crippen LogP contribution in [-0.2, 0) is 0 Å². The van der Waals surface area contributed by atoms with Crippen LogP contribution in [0.5, 0.6) is 0 Å². The third kappa shape index (κ3) is 2.62. The van der Waals surface area contributed by atoms with Gasteiger partial charge in [-0.25, -0.2) is 9.97 Å². The molecule has 88 valence electrons. The Kier molecular flexibility index (Phi) is 3.59. The highest BCUT2D eigenvalue weighted by atomic mass is 15.2. The van der Waals surface area contributed by atoms with E-state index in [1.165, 1.54) is 25.7 Å². The van der Waals surface area contributed by atoms with Crippen LogP contribution < -0.4 is 10.2 Å². The summed E-state index contributed by atoms with van der Waals surface area (Å²) in [7, 11) is 1.90. The van der Waals surface area contributed by atoms with Gasteiger partial charge in [0, 0.05) is 26.2 Å². The molecule has 1 aliphatic heterocycles. The molecule has 1 aromatic rings. The SMILES string of the molecule is CNc1cc(N2CCCCCC2)nc(C)n1. The highest BCUT2D eigenvalue weighted by molar-refractivity contribution is 5.49. The van der Waals surface area contributed by atoms with Crippen LogP contribution in [0, 0.1) is 6.92 Å². The number of rotatable bonds is 2. The van der Waals surface area contributed by atoms with Crippen LogP contribution in [0.25, 0.3) is 0 Å². The summed E-state index contributed by atoms with van der Waals surface area (Å²) in [5.74, 6) is 2.82. The minimum absolute atomic E-state index is 0.839. The third-order valence-electron chi connectivity index (χ3n) is 3.01. The summed E-state index contributed by atoms with van der Waals surface area (Å²) in [6.45, 7) is 4.20. The standard InChI is InChI=1S/C12H20N4/c1-10-14-11(13-2)9-12(15-10)16-7-5-3-4-6-8-16/h9H,3-8H2,1-2H3,(H,13,14,15). The number of hydrogen-bond acceptors (Lipinski definition) is 4. The Morgan fingerprint density at radius 2 is 1.81 bits per heavy atom. The van der Waals surface area contributed by atoms with E-state index in [9.17, 15) is 0 Å². The number of aromatic nitrogens is 2. The number of nitrogens with zero attached hydrogens (tertiary/aromatic N) is 3. The molecule has 1 N–H and O–H groups in total. The maximum atomic E-state index is 4.52. The lowest BCUT2D eigenvalue weighted by atomic mass is 10.2. The van der Waals surface area contributed by atoms with Crippen molar-refractivity contribution in [3.63, 3.8) is 0 Å². The zero-order valence-electron chi connectivity index (χ0n) is 10.2. The molecule has 0 unspecified atom stereocenters. The van der Waals surface area contributed by atoms with Gasteiger partial charge in [0.2, 0.25) is 0 Å². The summed E-state index contributed by atoms with van der Waals surface area (Å²) in [5, 5.41) is 3.09. The summed E-state index contributed by atoms with van der Waals surface area (Å²) >= 11 is 0. The van der Waals surface area contributed by atoms with E-state index in [0.29, 0.717) is 0 Å². The van der Waals surface area contributed by atoms with Gasteiger partial charge < -0.3 is 10.2 Å². The minimum atomic E-state index is 0.839. The molecule has 1 saturated heterocycles. The normalized spacial score (nSPS) is 17.0. The third-order valence-corrected chi connectivity index (χ3v) is 3.01. The Hall–Kier alpha value is -1.32. The zero-order valence-corrected chi connectivity index (χ0v) is 10.2. The van der Waals surface area contributed by atoms with Gasteiger partial charge >= 0.3 is 0 Å². The molecular formula is C12H20N4. The van der Waals surface area contributed by atoms with Gasteiger partial charge in [-0.2, -0.15) is 0 Å². The van der Waals surface area contributed by atoms with Crippen molar-refractivity contribution in [1.82, 2.24) is 9.97 Å². The Morgan fingerprint density at radius 1 is 1.12 bits per heavy atom. The van der Waals surface area contributed by atoms with Crippen LogP contribution in [0.3, 0.4) is 0 Å². The first-order chi connectivity index (χ1) is 7.79. The van der Waals surface area contributed by atoms with Gasteiger partial charge in [-0.3, -0.25) is 0 Å². The summed E-state index contributed by atoms with van der Waals surface area (Å²) in [5.41, 5.74) is 0. The Bertz CT molecular complexity index is 343. The number of aryl methyl sites for hydroxylation is 1. The van der Waals surface area contributed by atoms with E-state index < -0.39 is 0 Å².